The van der Waals surface area contributed by atoms with Crippen LogP contribution in [0.15, 0.2) is 0 Å². The van der Waals surface area contributed by atoms with Crippen molar-refractivity contribution in [3.63, 3.8) is 0 Å². The molecule has 0 spiro atoms. The third-order valence-electron chi connectivity index (χ3n) is 3.89. The molecule has 20 heavy (non-hydrogen) atoms. The normalized spacial score (nSPS) is 22.3. The Hall–Kier alpha value is -1.40. The maximum absolute atomic E-state index is 9.57. The molecule has 0 saturated heterocycles. The summed E-state index contributed by atoms with van der Waals surface area (Å²) >= 11 is 0. The van der Waals surface area contributed by atoms with Crippen LogP contribution in [0, 0.1) is 12.8 Å². The minimum absolute atomic E-state index is 0.138. The van der Waals surface area contributed by atoms with E-state index in [1.807, 2.05) is 6.92 Å². The molecule has 0 amide bonds. The molecule has 1 aromatic rings. The van der Waals surface area contributed by atoms with E-state index in [1.165, 1.54) is 0 Å². The molecular weight excluding hydrogens is 254 g/mol. The molecule has 2 atom stereocenters. The average molecular weight is 279 g/mol. The summed E-state index contributed by atoms with van der Waals surface area (Å²) in [6, 6.07) is 0. The highest BCUT2D eigenvalue weighted by Crippen LogP contribution is 2.27. The van der Waals surface area contributed by atoms with E-state index in [2.05, 4.69) is 34.6 Å². The number of nitrogens with two attached hydrogens (primary N) is 1. The molecule has 0 aromatic carbocycles. The van der Waals surface area contributed by atoms with Gasteiger partial charge in [0.05, 0.1) is 6.10 Å². The van der Waals surface area contributed by atoms with E-state index in [0.29, 0.717) is 11.7 Å². The van der Waals surface area contributed by atoms with Crippen LogP contribution in [0.1, 0.15) is 50.4 Å². The van der Waals surface area contributed by atoms with Crippen molar-refractivity contribution >= 4 is 11.6 Å². The molecule has 1 aliphatic rings. The van der Waals surface area contributed by atoms with Crippen molar-refractivity contribution in [1.29, 1.82) is 0 Å². The number of anilines is 2. The molecule has 112 valence electrons. The number of nitrogen functional groups attached to an aromatic ring is 1. The monoisotopic (exact) mass is 279 g/mol. The smallest absolute Gasteiger partial charge is 0.148 e. The minimum Gasteiger partial charge on any atom is -0.393 e. The Morgan fingerprint density at radius 3 is 2.55 bits per heavy atom. The second-order valence-corrected chi connectivity index (χ2v) is 5.92. The van der Waals surface area contributed by atoms with Gasteiger partial charge in [0.15, 0.2) is 0 Å². The molecule has 0 aliphatic heterocycles. The van der Waals surface area contributed by atoms with Crippen molar-refractivity contribution in [3.8, 4) is 0 Å². The van der Waals surface area contributed by atoms with Gasteiger partial charge in [0, 0.05) is 18.0 Å². The third kappa shape index (κ3) is 3.37. The molecule has 1 saturated carbocycles. The molecule has 0 bridgehead atoms. The lowest BCUT2D eigenvalue weighted by Crippen LogP contribution is -2.18. The standard InChI is InChI=1S/C14H25N5O/c1-8(2)12-17-13(9(3)14(18-12)19-15)16-7-10-4-5-11(20)6-10/h8,10-11,20H,4-7,15H2,1-3H3,(H2,16,17,18,19). The van der Waals surface area contributed by atoms with E-state index in [9.17, 15) is 5.11 Å². The zero-order chi connectivity index (χ0) is 14.7. The molecule has 1 aliphatic carbocycles. The van der Waals surface area contributed by atoms with Crippen molar-refractivity contribution in [3.05, 3.63) is 11.4 Å². The van der Waals surface area contributed by atoms with E-state index >= 15 is 0 Å². The molecule has 5 N–H and O–H groups in total. The zero-order valence-corrected chi connectivity index (χ0v) is 12.5. The Labute approximate surface area is 120 Å². The summed E-state index contributed by atoms with van der Waals surface area (Å²) in [5.41, 5.74) is 3.56. The van der Waals surface area contributed by atoms with Gasteiger partial charge in [0.2, 0.25) is 0 Å². The largest absolute Gasteiger partial charge is 0.393 e. The number of aliphatic hydroxyl groups excluding tert-OH is 1. The van der Waals surface area contributed by atoms with E-state index in [-0.39, 0.29) is 12.0 Å². The van der Waals surface area contributed by atoms with E-state index in [0.717, 1.165) is 43.0 Å². The van der Waals surface area contributed by atoms with Gasteiger partial charge in [0.25, 0.3) is 0 Å². The van der Waals surface area contributed by atoms with Gasteiger partial charge in [-0.15, -0.1) is 0 Å². The SMILES string of the molecule is Cc1c(NN)nc(C(C)C)nc1NCC1CCC(O)C1. The number of hydrogen-bond donors (Lipinski definition) is 4. The summed E-state index contributed by atoms with van der Waals surface area (Å²) < 4.78 is 0. The predicted molar refractivity (Wildman–Crippen MR) is 80.5 cm³/mol. The second-order valence-electron chi connectivity index (χ2n) is 5.92. The highest BCUT2D eigenvalue weighted by Gasteiger charge is 2.23. The quantitative estimate of drug-likeness (QED) is 0.484. The third-order valence-corrected chi connectivity index (χ3v) is 3.89. The van der Waals surface area contributed by atoms with Crippen molar-refractivity contribution in [2.75, 3.05) is 17.3 Å². The lowest BCUT2D eigenvalue weighted by Gasteiger charge is -2.17. The van der Waals surface area contributed by atoms with Crippen LogP contribution in [0.4, 0.5) is 11.6 Å². The predicted octanol–water partition coefficient (Wildman–Crippen LogP) is 1.77. The molecule has 2 rings (SSSR count). The van der Waals surface area contributed by atoms with Gasteiger partial charge in [-0.2, -0.15) is 0 Å². The van der Waals surface area contributed by atoms with E-state index < -0.39 is 0 Å². The molecule has 0 radical (unpaired) electrons. The first-order chi connectivity index (χ1) is 9.51. The molecule has 6 heteroatoms. The summed E-state index contributed by atoms with van der Waals surface area (Å²) in [5, 5.41) is 13.0. The van der Waals surface area contributed by atoms with Crippen LogP contribution in [0.25, 0.3) is 0 Å². The molecule has 1 fully saturated rings. The first-order valence-electron chi connectivity index (χ1n) is 7.28. The summed E-state index contributed by atoms with van der Waals surface area (Å²) in [6.45, 7) is 6.89. The molecule has 2 unspecified atom stereocenters. The van der Waals surface area contributed by atoms with Gasteiger partial charge in [-0.05, 0) is 32.1 Å². The van der Waals surface area contributed by atoms with E-state index in [4.69, 9.17) is 5.84 Å². The van der Waals surface area contributed by atoms with Crippen molar-refractivity contribution in [1.82, 2.24) is 9.97 Å². The van der Waals surface area contributed by atoms with Gasteiger partial charge in [-0.3, -0.25) is 0 Å². The van der Waals surface area contributed by atoms with Gasteiger partial charge in [0.1, 0.15) is 17.5 Å². The number of nitrogens with one attached hydrogen (secondary N) is 2. The Balaban J connectivity index is 2.11. The van der Waals surface area contributed by atoms with Crippen molar-refractivity contribution < 1.29 is 5.11 Å². The first-order valence-corrected chi connectivity index (χ1v) is 7.28. The van der Waals surface area contributed by atoms with Gasteiger partial charge in [-0.25, -0.2) is 15.8 Å². The molecule has 1 heterocycles. The fraction of sp³-hybridized carbons (Fsp3) is 0.714. The summed E-state index contributed by atoms with van der Waals surface area (Å²) in [4.78, 5) is 9.00. The lowest BCUT2D eigenvalue weighted by molar-refractivity contribution is 0.178. The number of hydrogen-bond acceptors (Lipinski definition) is 6. The summed E-state index contributed by atoms with van der Waals surface area (Å²) in [5.74, 6) is 8.55. The van der Waals surface area contributed by atoms with Crippen LogP contribution < -0.4 is 16.6 Å². The van der Waals surface area contributed by atoms with Crippen LogP contribution in [-0.2, 0) is 0 Å². The van der Waals surface area contributed by atoms with Crippen LogP contribution in [0.2, 0.25) is 0 Å². The van der Waals surface area contributed by atoms with Gasteiger partial charge in [-0.1, -0.05) is 13.8 Å². The maximum atomic E-state index is 9.57. The lowest BCUT2D eigenvalue weighted by atomic mass is 10.1. The van der Waals surface area contributed by atoms with Crippen LogP contribution in [0.3, 0.4) is 0 Å². The topological polar surface area (TPSA) is 96.1 Å². The number of hydrazine groups is 1. The van der Waals surface area contributed by atoms with Crippen LogP contribution >= 0.6 is 0 Å². The number of aliphatic hydroxyl groups is 1. The Bertz CT molecular complexity index is 463. The molecular formula is C14H25N5O. The van der Waals surface area contributed by atoms with Crippen LogP contribution in [-0.4, -0.2) is 27.7 Å². The maximum Gasteiger partial charge on any atom is 0.148 e. The van der Waals surface area contributed by atoms with Crippen molar-refractivity contribution in [2.24, 2.45) is 11.8 Å². The zero-order valence-electron chi connectivity index (χ0n) is 12.5. The second kappa shape index (κ2) is 6.37. The Morgan fingerprint density at radius 2 is 2.00 bits per heavy atom. The Morgan fingerprint density at radius 1 is 1.30 bits per heavy atom. The highest BCUT2D eigenvalue weighted by atomic mass is 16.3. The van der Waals surface area contributed by atoms with Gasteiger partial charge >= 0.3 is 0 Å². The minimum atomic E-state index is -0.138. The first kappa shape index (κ1) is 15.0. The highest BCUT2D eigenvalue weighted by molar-refractivity contribution is 5.56. The fourth-order valence-corrected chi connectivity index (χ4v) is 2.58. The summed E-state index contributed by atoms with van der Waals surface area (Å²) in [6.07, 6.45) is 2.70. The van der Waals surface area contributed by atoms with Crippen LogP contribution in [0.5, 0.6) is 0 Å². The molecule has 6 nitrogen and oxygen atoms in total. The number of aromatic nitrogens is 2. The van der Waals surface area contributed by atoms with E-state index in [1.54, 1.807) is 0 Å². The Kier molecular flexibility index (Phi) is 4.77. The van der Waals surface area contributed by atoms with Gasteiger partial charge < -0.3 is 15.8 Å². The van der Waals surface area contributed by atoms with Crippen molar-refractivity contribution in [2.45, 2.75) is 52.1 Å². The fourth-order valence-electron chi connectivity index (χ4n) is 2.58. The average Bonchev–Trinajstić information content (AvgIpc) is 2.83. The number of nitrogens with zero attached hydrogens (tertiary/aromatic N) is 2. The summed E-state index contributed by atoms with van der Waals surface area (Å²) in [7, 11) is 0. The molecule has 1 aromatic heterocycles. The number of rotatable bonds is 5.